The van der Waals surface area contributed by atoms with Crippen molar-refractivity contribution in [2.24, 2.45) is 10.9 Å². The quantitative estimate of drug-likeness (QED) is 0.328. The van der Waals surface area contributed by atoms with Gasteiger partial charge < -0.3 is 20.7 Å². The SMILES string of the molecule is CCNC(=NCCNC(C)(C)C)NCCOCCC(C)C. The number of rotatable bonds is 10. The lowest BCUT2D eigenvalue weighted by Gasteiger charge is -2.20. The van der Waals surface area contributed by atoms with Crippen LogP contribution in [0.2, 0.25) is 0 Å². The molecule has 0 rings (SSSR count). The van der Waals surface area contributed by atoms with E-state index in [0.29, 0.717) is 5.92 Å². The third-order valence-electron chi connectivity index (χ3n) is 2.76. The molecule has 0 aromatic carbocycles. The van der Waals surface area contributed by atoms with Gasteiger partial charge >= 0.3 is 0 Å². The maximum Gasteiger partial charge on any atom is 0.191 e. The minimum Gasteiger partial charge on any atom is -0.380 e. The van der Waals surface area contributed by atoms with E-state index in [2.05, 4.69) is 62.5 Å². The molecule has 126 valence electrons. The monoisotopic (exact) mass is 300 g/mol. The van der Waals surface area contributed by atoms with Gasteiger partial charge in [-0.15, -0.1) is 0 Å². The molecule has 0 aromatic rings. The lowest BCUT2D eigenvalue weighted by Crippen LogP contribution is -2.41. The van der Waals surface area contributed by atoms with Gasteiger partial charge in [-0.3, -0.25) is 4.99 Å². The van der Waals surface area contributed by atoms with Gasteiger partial charge in [-0.05, 0) is 40.0 Å². The average Bonchev–Trinajstić information content (AvgIpc) is 2.37. The Morgan fingerprint density at radius 2 is 1.81 bits per heavy atom. The fraction of sp³-hybridized carbons (Fsp3) is 0.938. The van der Waals surface area contributed by atoms with Crippen LogP contribution in [0.4, 0.5) is 0 Å². The zero-order chi connectivity index (χ0) is 16.1. The molecular weight excluding hydrogens is 264 g/mol. The molecule has 0 heterocycles. The molecule has 0 saturated carbocycles. The fourth-order valence-electron chi connectivity index (χ4n) is 1.60. The van der Waals surface area contributed by atoms with Crippen LogP contribution in [-0.2, 0) is 4.74 Å². The van der Waals surface area contributed by atoms with Crippen molar-refractivity contribution in [3.63, 3.8) is 0 Å². The minimum absolute atomic E-state index is 0.144. The fourth-order valence-corrected chi connectivity index (χ4v) is 1.60. The average molecular weight is 300 g/mol. The second-order valence-electron chi connectivity index (χ2n) is 6.66. The first-order valence-corrected chi connectivity index (χ1v) is 8.20. The van der Waals surface area contributed by atoms with Crippen LogP contribution < -0.4 is 16.0 Å². The predicted octanol–water partition coefficient (Wildman–Crippen LogP) is 1.99. The number of nitrogens with one attached hydrogen (secondary N) is 3. The Morgan fingerprint density at radius 1 is 1.10 bits per heavy atom. The second-order valence-corrected chi connectivity index (χ2v) is 6.66. The van der Waals surface area contributed by atoms with Crippen molar-refractivity contribution < 1.29 is 4.74 Å². The first-order chi connectivity index (χ1) is 9.85. The Balaban J connectivity index is 3.80. The van der Waals surface area contributed by atoms with Gasteiger partial charge in [-0.2, -0.15) is 0 Å². The lowest BCUT2D eigenvalue weighted by atomic mass is 10.1. The lowest BCUT2D eigenvalue weighted by molar-refractivity contribution is 0.128. The summed E-state index contributed by atoms with van der Waals surface area (Å²) in [6, 6.07) is 0. The summed E-state index contributed by atoms with van der Waals surface area (Å²) in [6.45, 7) is 17.8. The van der Waals surface area contributed by atoms with Crippen LogP contribution in [0, 0.1) is 5.92 Å². The van der Waals surface area contributed by atoms with Gasteiger partial charge in [0.1, 0.15) is 0 Å². The van der Waals surface area contributed by atoms with Crippen molar-refractivity contribution in [3.05, 3.63) is 0 Å². The summed E-state index contributed by atoms with van der Waals surface area (Å²) in [7, 11) is 0. The van der Waals surface area contributed by atoms with E-state index >= 15 is 0 Å². The Kier molecular flexibility index (Phi) is 11.4. The minimum atomic E-state index is 0.144. The molecule has 0 aliphatic rings. The molecule has 0 spiro atoms. The first-order valence-electron chi connectivity index (χ1n) is 8.20. The van der Waals surface area contributed by atoms with Crippen LogP contribution >= 0.6 is 0 Å². The molecule has 5 heteroatoms. The third kappa shape index (κ3) is 15.4. The number of nitrogens with zero attached hydrogens (tertiary/aromatic N) is 1. The van der Waals surface area contributed by atoms with Crippen molar-refractivity contribution in [3.8, 4) is 0 Å². The summed E-state index contributed by atoms with van der Waals surface area (Å²) in [4.78, 5) is 4.54. The van der Waals surface area contributed by atoms with E-state index in [1.54, 1.807) is 0 Å². The molecule has 3 N–H and O–H groups in total. The molecule has 0 radical (unpaired) electrons. The summed E-state index contributed by atoms with van der Waals surface area (Å²) < 4.78 is 5.59. The third-order valence-corrected chi connectivity index (χ3v) is 2.76. The van der Waals surface area contributed by atoms with Crippen LogP contribution in [-0.4, -0.2) is 50.9 Å². The van der Waals surface area contributed by atoms with Crippen molar-refractivity contribution in [1.29, 1.82) is 0 Å². The Bertz CT molecular complexity index is 272. The highest BCUT2D eigenvalue weighted by Gasteiger charge is 2.07. The number of hydrogen-bond acceptors (Lipinski definition) is 3. The Morgan fingerprint density at radius 3 is 2.38 bits per heavy atom. The van der Waals surface area contributed by atoms with Crippen molar-refractivity contribution in [1.82, 2.24) is 16.0 Å². The molecule has 0 amide bonds. The molecule has 0 saturated heterocycles. The smallest absolute Gasteiger partial charge is 0.191 e. The molecule has 0 aliphatic heterocycles. The van der Waals surface area contributed by atoms with E-state index in [0.717, 1.165) is 51.8 Å². The number of hydrogen-bond donors (Lipinski definition) is 3. The Hall–Kier alpha value is -0.810. The normalized spacial score (nSPS) is 12.8. The van der Waals surface area contributed by atoms with Gasteiger partial charge in [-0.25, -0.2) is 0 Å². The van der Waals surface area contributed by atoms with Gasteiger partial charge in [0.05, 0.1) is 13.2 Å². The standard InChI is InChI=1S/C16H36N4O/c1-7-17-15(18-9-10-20-16(4,5)6)19-11-13-21-12-8-14(2)3/h14,20H,7-13H2,1-6H3,(H2,17,18,19). The summed E-state index contributed by atoms with van der Waals surface area (Å²) in [5.74, 6) is 1.56. The molecular formula is C16H36N4O. The van der Waals surface area contributed by atoms with Gasteiger partial charge in [0.25, 0.3) is 0 Å². The maximum atomic E-state index is 5.59. The van der Waals surface area contributed by atoms with Crippen molar-refractivity contribution >= 4 is 5.96 Å². The highest BCUT2D eigenvalue weighted by molar-refractivity contribution is 5.79. The van der Waals surface area contributed by atoms with E-state index in [9.17, 15) is 0 Å². The molecule has 0 aromatic heterocycles. The van der Waals surface area contributed by atoms with Crippen LogP contribution in [0.25, 0.3) is 0 Å². The van der Waals surface area contributed by atoms with E-state index in [1.165, 1.54) is 0 Å². The molecule has 21 heavy (non-hydrogen) atoms. The maximum absolute atomic E-state index is 5.59. The van der Waals surface area contributed by atoms with Crippen LogP contribution in [0.1, 0.15) is 48.0 Å². The Labute approximate surface area is 131 Å². The van der Waals surface area contributed by atoms with E-state index in [-0.39, 0.29) is 5.54 Å². The van der Waals surface area contributed by atoms with Crippen molar-refractivity contribution in [2.75, 3.05) is 39.4 Å². The molecule has 0 bridgehead atoms. The van der Waals surface area contributed by atoms with Gasteiger partial charge in [-0.1, -0.05) is 13.8 Å². The second kappa shape index (κ2) is 11.8. The summed E-state index contributed by atoms with van der Waals surface area (Å²) in [5.41, 5.74) is 0.144. The van der Waals surface area contributed by atoms with Gasteiger partial charge in [0, 0.05) is 31.8 Å². The summed E-state index contributed by atoms with van der Waals surface area (Å²) >= 11 is 0. The van der Waals surface area contributed by atoms with Crippen LogP contribution in [0.15, 0.2) is 4.99 Å². The first kappa shape index (κ1) is 20.2. The van der Waals surface area contributed by atoms with E-state index in [4.69, 9.17) is 4.74 Å². The highest BCUT2D eigenvalue weighted by atomic mass is 16.5. The topological polar surface area (TPSA) is 57.7 Å². The van der Waals surface area contributed by atoms with Crippen molar-refractivity contribution in [2.45, 2.75) is 53.5 Å². The summed E-state index contributed by atoms with van der Waals surface area (Å²) in [6.07, 6.45) is 1.12. The van der Waals surface area contributed by atoms with Crippen LogP contribution in [0.5, 0.6) is 0 Å². The molecule has 0 atom stereocenters. The van der Waals surface area contributed by atoms with Gasteiger partial charge in [0.15, 0.2) is 5.96 Å². The zero-order valence-corrected chi connectivity index (χ0v) is 14.9. The largest absolute Gasteiger partial charge is 0.380 e. The molecule has 0 unspecified atom stereocenters. The number of aliphatic imine (C=N–C) groups is 1. The predicted molar refractivity (Wildman–Crippen MR) is 92.0 cm³/mol. The molecule has 5 nitrogen and oxygen atoms in total. The molecule has 0 fully saturated rings. The highest BCUT2D eigenvalue weighted by Crippen LogP contribution is 1.98. The van der Waals surface area contributed by atoms with E-state index < -0.39 is 0 Å². The molecule has 0 aliphatic carbocycles. The van der Waals surface area contributed by atoms with Crippen LogP contribution in [0.3, 0.4) is 0 Å². The number of guanidine groups is 1. The zero-order valence-electron chi connectivity index (χ0n) is 14.9. The summed E-state index contributed by atoms with van der Waals surface area (Å²) in [5, 5.41) is 9.96. The number of ether oxygens (including phenoxy) is 1. The van der Waals surface area contributed by atoms with Gasteiger partial charge in [0.2, 0.25) is 0 Å². The van der Waals surface area contributed by atoms with E-state index in [1.807, 2.05) is 0 Å².